The number of amides is 1. The van der Waals surface area contributed by atoms with E-state index in [-0.39, 0.29) is 12.5 Å². The molecule has 0 fully saturated rings. The number of aromatic nitrogens is 4. The van der Waals surface area contributed by atoms with Crippen molar-refractivity contribution in [3.8, 4) is 5.75 Å². The second kappa shape index (κ2) is 9.04. The van der Waals surface area contributed by atoms with E-state index >= 15 is 0 Å². The van der Waals surface area contributed by atoms with Crippen molar-refractivity contribution in [1.82, 2.24) is 25.0 Å². The van der Waals surface area contributed by atoms with Crippen LogP contribution in [0.25, 0.3) is 0 Å². The van der Waals surface area contributed by atoms with Gasteiger partial charge in [0.25, 0.3) is 5.91 Å². The molecule has 8 heteroatoms. The molecule has 0 aliphatic carbocycles. The third-order valence-corrected chi connectivity index (χ3v) is 4.46. The smallest absolute Gasteiger partial charge is 0.255 e. The fourth-order valence-corrected chi connectivity index (χ4v) is 2.95. The minimum Gasteiger partial charge on any atom is -0.485 e. The first-order valence-corrected chi connectivity index (χ1v) is 9.50. The molecule has 0 spiro atoms. The average molecular weight is 403 g/mol. The second-order valence-corrected chi connectivity index (χ2v) is 6.75. The Balaban J connectivity index is 1.34. The predicted octanol–water partition coefficient (Wildman–Crippen LogP) is 3.13. The van der Waals surface area contributed by atoms with E-state index in [0.717, 1.165) is 12.1 Å². The van der Waals surface area contributed by atoms with Crippen LogP contribution in [0.2, 0.25) is 0 Å². The maximum absolute atomic E-state index is 12.7. The number of imidazole rings is 1. The number of carbonyl (C=O) groups is 1. The number of hydrogen-bond donors (Lipinski definition) is 1. The fraction of sp³-hybridized carbons (Fsp3) is 0.182. The molecule has 0 saturated carbocycles. The van der Waals surface area contributed by atoms with Crippen molar-refractivity contribution in [3.63, 3.8) is 0 Å². The molecule has 0 radical (unpaired) electrons. The first-order chi connectivity index (χ1) is 14.7. The van der Waals surface area contributed by atoms with Gasteiger partial charge in [-0.25, -0.2) is 4.98 Å². The van der Waals surface area contributed by atoms with Crippen LogP contribution >= 0.6 is 0 Å². The summed E-state index contributed by atoms with van der Waals surface area (Å²) in [5, 5.41) is 6.73. The van der Waals surface area contributed by atoms with Gasteiger partial charge in [-0.15, -0.1) is 0 Å². The molecule has 4 rings (SSSR count). The van der Waals surface area contributed by atoms with Gasteiger partial charge in [0, 0.05) is 32.4 Å². The normalized spacial score (nSPS) is 10.7. The van der Waals surface area contributed by atoms with Gasteiger partial charge in [-0.05, 0) is 23.3 Å². The minimum absolute atomic E-state index is 0.125. The van der Waals surface area contributed by atoms with Crippen molar-refractivity contribution >= 4 is 5.91 Å². The molecule has 30 heavy (non-hydrogen) atoms. The van der Waals surface area contributed by atoms with Gasteiger partial charge in [0.2, 0.25) is 11.7 Å². The fourth-order valence-electron chi connectivity index (χ4n) is 2.95. The lowest BCUT2D eigenvalue weighted by Gasteiger charge is -2.11. The van der Waals surface area contributed by atoms with E-state index < -0.39 is 0 Å². The van der Waals surface area contributed by atoms with Crippen LogP contribution in [-0.2, 0) is 19.7 Å². The summed E-state index contributed by atoms with van der Waals surface area (Å²) in [5.74, 6) is 1.15. The first kappa shape index (κ1) is 19.4. The Morgan fingerprint density at radius 1 is 1.13 bits per heavy atom. The molecular formula is C22H21N5O3. The number of nitrogens with one attached hydrogen (secondary N) is 1. The van der Waals surface area contributed by atoms with Gasteiger partial charge in [-0.1, -0.05) is 41.6 Å². The molecule has 2 heterocycles. The Hall–Kier alpha value is -3.94. The van der Waals surface area contributed by atoms with E-state index in [4.69, 9.17) is 9.26 Å². The van der Waals surface area contributed by atoms with Crippen molar-refractivity contribution in [1.29, 1.82) is 0 Å². The summed E-state index contributed by atoms with van der Waals surface area (Å²) >= 11 is 0. The maximum atomic E-state index is 12.7. The highest BCUT2D eigenvalue weighted by molar-refractivity contribution is 5.96. The van der Waals surface area contributed by atoms with Crippen molar-refractivity contribution in [2.75, 3.05) is 0 Å². The Morgan fingerprint density at radius 3 is 2.67 bits per heavy atom. The summed E-state index contributed by atoms with van der Waals surface area (Å²) in [7, 11) is 0. The molecule has 8 nitrogen and oxygen atoms in total. The van der Waals surface area contributed by atoms with Crippen LogP contribution in [-0.4, -0.2) is 25.6 Å². The lowest BCUT2D eigenvalue weighted by molar-refractivity contribution is 0.0946. The molecule has 1 N–H and O–H groups in total. The largest absolute Gasteiger partial charge is 0.485 e. The maximum Gasteiger partial charge on any atom is 0.255 e. The number of hydrogen-bond acceptors (Lipinski definition) is 6. The van der Waals surface area contributed by atoms with Crippen LogP contribution in [0.15, 0.2) is 71.8 Å². The van der Waals surface area contributed by atoms with E-state index in [1.807, 2.05) is 41.1 Å². The van der Waals surface area contributed by atoms with Crippen molar-refractivity contribution in [2.24, 2.45) is 0 Å². The van der Waals surface area contributed by atoms with Crippen molar-refractivity contribution < 1.29 is 14.1 Å². The molecule has 0 saturated heterocycles. The highest BCUT2D eigenvalue weighted by atomic mass is 16.5. The second-order valence-electron chi connectivity index (χ2n) is 6.75. The molecule has 1 amide bonds. The molecule has 0 unspecified atom stereocenters. The van der Waals surface area contributed by atoms with Gasteiger partial charge in [-0.2, -0.15) is 4.98 Å². The molecule has 4 aromatic rings. The monoisotopic (exact) mass is 403 g/mol. The number of para-hydroxylation sites is 1. The molecule has 0 aliphatic rings. The van der Waals surface area contributed by atoms with Crippen LogP contribution in [0.3, 0.4) is 0 Å². The molecule has 0 aliphatic heterocycles. The van der Waals surface area contributed by atoms with E-state index in [1.54, 1.807) is 37.6 Å². The lowest BCUT2D eigenvalue weighted by atomic mass is 10.1. The number of rotatable bonds is 8. The van der Waals surface area contributed by atoms with E-state index in [1.165, 1.54) is 5.56 Å². The zero-order chi connectivity index (χ0) is 20.8. The van der Waals surface area contributed by atoms with Gasteiger partial charge in [0.05, 0.1) is 11.9 Å². The number of carbonyl (C=O) groups excluding carboxylic acids is 1. The van der Waals surface area contributed by atoms with Crippen LogP contribution in [0.1, 0.15) is 33.2 Å². The van der Waals surface area contributed by atoms with E-state index in [2.05, 4.69) is 20.4 Å². The third-order valence-electron chi connectivity index (χ3n) is 4.46. The minimum atomic E-state index is -0.211. The Kier molecular flexibility index (Phi) is 5.84. The van der Waals surface area contributed by atoms with Crippen LogP contribution in [0.5, 0.6) is 5.75 Å². The summed E-state index contributed by atoms with van der Waals surface area (Å²) in [6.45, 7) is 3.02. The van der Waals surface area contributed by atoms with Gasteiger partial charge in [0.15, 0.2) is 6.61 Å². The highest BCUT2D eigenvalue weighted by Gasteiger charge is 2.13. The molecule has 152 valence electrons. The molecule has 2 aromatic heterocycles. The summed E-state index contributed by atoms with van der Waals surface area (Å²) in [6.07, 6.45) is 5.47. The number of benzene rings is 2. The number of ether oxygens (including phenoxy) is 1. The standard InChI is InChI=1S/C22H21N5O3/c1-16-25-21(26-30-16)14-29-20-5-3-2-4-19(20)22(28)24-12-17-6-8-18(9-7-17)13-27-11-10-23-15-27/h2-11,15H,12-14H2,1H3,(H,24,28). The Labute approximate surface area is 173 Å². The van der Waals surface area contributed by atoms with Crippen molar-refractivity contribution in [2.45, 2.75) is 26.6 Å². The highest BCUT2D eigenvalue weighted by Crippen LogP contribution is 2.19. The summed E-state index contributed by atoms with van der Waals surface area (Å²) in [5.41, 5.74) is 2.63. The lowest BCUT2D eigenvalue weighted by Crippen LogP contribution is -2.23. The van der Waals surface area contributed by atoms with E-state index in [9.17, 15) is 4.79 Å². The first-order valence-electron chi connectivity index (χ1n) is 9.50. The zero-order valence-corrected chi connectivity index (χ0v) is 16.5. The van der Waals surface area contributed by atoms with Crippen molar-refractivity contribution in [3.05, 3.63) is 95.7 Å². The topological polar surface area (TPSA) is 95.1 Å². The van der Waals surface area contributed by atoms with Crippen LogP contribution < -0.4 is 10.1 Å². The van der Waals surface area contributed by atoms with Crippen LogP contribution in [0, 0.1) is 6.92 Å². The Morgan fingerprint density at radius 2 is 1.93 bits per heavy atom. The SMILES string of the molecule is Cc1nc(COc2ccccc2C(=O)NCc2ccc(Cn3ccnc3)cc2)no1. The third kappa shape index (κ3) is 4.91. The summed E-state index contributed by atoms with van der Waals surface area (Å²) in [6, 6.07) is 15.2. The Bertz CT molecular complexity index is 1100. The molecule has 0 atom stereocenters. The van der Waals surface area contributed by atoms with Gasteiger partial charge in [0.1, 0.15) is 5.75 Å². The summed E-state index contributed by atoms with van der Waals surface area (Å²) in [4.78, 5) is 20.8. The van der Waals surface area contributed by atoms with E-state index in [0.29, 0.717) is 29.6 Å². The number of aryl methyl sites for hydroxylation is 1. The quantitative estimate of drug-likeness (QED) is 0.486. The van der Waals surface area contributed by atoms with Gasteiger partial charge >= 0.3 is 0 Å². The van der Waals surface area contributed by atoms with Gasteiger partial charge in [-0.3, -0.25) is 4.79 Å². The average Bonchev–Trinajstić information content (AvgIpc) is 3.43. The molecule has 0 bridgehead atoms. The number of nitrogens with zero attached hydrogens (tertiary/aromatic N) is 4. The molecule has 2 aromatic carbocycles. The predicted molar refractivity (Wildman–Crippen MR) is 109 cm³/mol. The van der Waals surface area contributed by atoms with Gasteiger partial charge < -0.3 is 19.1 Å². The van der Waals surface area contributed by atoms with Crippen LogP contribution in [0.4, 0.5) is 0 Å². The zero-order valence-electron chi connectivity index (χ0n) is 16.5. The molecular weight excluding hydrogens is 382 g/mol. The summed E-state index contributed by atoms with van der Waals surface area (Å²) < 4.78 is 12.7.